The van der Waals surface area contributed by atoms with Crippen molar-refractivity contribution in [3.63, 3.8) is 0 Å². The Labute approximate surface area is 173 Å². The van der Waals surface area contributed by atoms with E-state index < -0.39 is 0 Å². The first kappa shape index (κ1) is 19.4. The van der Waals surface area contributed by atoms with E-state index in [0.717, 1.165) is 11.4 Å². The molecule has 0 aliphatic carbocycles. The number of amidine groups is 2. The predicted molar refractivity (Wildman–Crippen MR) is 114 cm³/mol. The molecule has 9 heteroatoms. The van der Waals surface area contributed by atoms with E-state index >= 15 is 0 Å². The van der Waals surface area contributed by atoms with Gasteiger partial charge in [0.1, 0.15) is 28.9 Å². The van der Waals surface area contributed by atoms with E-state index in [9.17, 15) is 9.90 Å². The number of amides is 1. The van der Waals surface area contributed by atoms with Gasteiger partial charge >= 0.3 is 0 Å². The van der Waals surface area contributed by atoms with E-state index in [1.165, 1.54) is 13.1 Å². The maximum atomic E-state index is 11.1. The molecule has 0 saturated carbocycles. The lowest BCUT2D eigenvalue weighted by Crippen LogP contribution is -2.36. The van der Waals surface area contributed by atoms with Gasteiger partial charge in [0.25, 0.3) is 0 Å². The predicted octanol–water partition coefficient (Wildman–Crippen LogP) is 2.76. The Balaban J connectivity index is 1.74. The van der Waals surface area contributed by atoms with E-state index in [-0.39, 0.29) is 11.7 Å². The smallest absolute Gasteiger partial charge is 0.222 e. The van der Waals surface area contributed by atoms with Crippen molar-refractivity contribution in [1.82, 2.24) is 9.88 Å². The SMILES string of the molecule is COc1ccc2c(c1OC)N=C(/C=C(\O)c1ccc(NC(C)=O)nc1)N1CCN=C21. The second kappa shape index (κ2) is 7.86. The maximum absolute atomic E-state index is 11.1. The molecule has 2 aliphatic rings. The molecular weight excluding hydrogens is 386 g/mol. The Morgan fingerprint density at radius 1 is 1.23 bits per heavy atom. The van der Waals surface area contributed by atoms with Crippen LogP contribution in [0, 0.1) is 0 Å². The molecule has 4 rings (SSSR count). The van der Waals surface area contributed by atoms with Crippen molar-refractivity contribution in [1.29, 1.82) is 0 Å². The fourth-order valence-corrected chi connectivity index (χ4v) is 3.39. The van der Waals surface area contributed by atoms with Crippen LogP contribution in [0.4, 0.5) is 11.5 Å². The highest BCUT2D eigenvalue weighted by Crippen LogP contribution is 2.43. The molecule has 9 nitrogen and oxygen atoms in total. The van der Waals surface area contributed by atoms with Crippen LogP contribution in [0.5, 0.6) is 11.5 Å². The summed E-state index contributed by atoms with van der Waals surface area (Å²) in [5.74, 6) is 2.58. The molecule has 3 heterocycles. The number of fused-ring (bicyclic) bond motifs is 3. The first-order valence-electron chi connectivity index (χ1n) is 9.32. The summed E-state index contributed by atoms with van der Waals surface area (Å²) in [6.45, 7) is 2.69. The molecule has 0 spiro atoms. The van der Waals surface area contributed by atoms with Crippen LogP contribution in [-0.4, -0.2) is 59.9 Å². The van der Waals surface area contributed by atoms with Crippen molar-refractivity contribution in [3.8, 4) is 11.5 Å². The van der Waals surface area contributed by atoms with Crippen LogP contribution in [0.3, 0.4) is 0 Å². The van der Waals surface area contributed by atoms with Crippen LogP contribution in [0.15, 0.2) is 46.5 Å². The molecule has 0 fully saturated rings. The number of aliphatic hydroxyl groups is 1. The summed E-state index contributed by atoms with van der Waals surface area (Å²) in [6, 6.07) is 7.02. The van der Waals surface area contributed by atoms with Crippen LogP contribution in [0.1, 0.15) is 18.1 Å². The zero-order valence-electron chi connectivity index (χ0n) is 16.8. The summed E-state index contributed by atoms with van der Waals surface area (Å²) >= 11 is 0. The summed E-state index contributed by atoms with van der Waals surface area (Å²) < 4.78 is 10.9. The number of aliphatic imine (C=N–C) groups is 2. The lowest BCUT2D eigenvalue weighted by Gasteiger charge is -2.27. The van der Waals surface area contributed by atoms with Crippen molar-refractivity contribution in [3.05, 3.63) is 47.7 Å². The van der Waals surface area contributed by atoms with Gasteiger partial charge in [-0.05, 0) is 24.3 Å². The maximum Gasteiger partial charge on any atom is 0.222 e. The van der Waals surface area contributed by atoms with E-state index in [1.807, 2.05) is 17.0 Å². The zero-order valence-corrected chi connectivity index (χ0v) is 16.8. The number of nitrogens with one attached hydrogen (secondary N) is 1. The number of rotatable bonds is 5. The number of aromatic nitrogens is 1. The van der Waals surface area contributed by atoms with Gasteiger partial charge in [0.2, 0.25) is 5.91 Å². The number of pyridine rings is 1. The fourth-order valence-electron chi connectivity index (χ4n) is 3.39. The van der Waals surface area contributed by atoms with E-state index in [0.29, 0.717) is 47.5 Å². The Morgan fingerprint density at radius 2 is 2.07 bits per heavy atom. The molecule has 30 heavy (non-hydrogen) atoms. The third-order valence-electron chi connectivity index (χ3n) is 4.73. The molecule has 1 amide bonds. The summed E-state index contributed by atoms with van der Waals surface area (Å²) in [5, 5.41) is 13.3. The van der Waals surface area contributed by atoms with Crippen LogP contribution in [0.25, 0.3) is 5.76 Å². The number of aliphatic hydroxyl groups excluding tert-OH is 1. The standard InChI is InChI=1S/C21H21N5O4/c1-12(27)24-17-7-4-13(11-23-17)15(28)10-18-25-19-14(21-22-8-9-26(18)21)5-6-16(29-2)20(19)30-3/h4-7,10-11,28H,8-9H2,1-3H3,(H,23,24,27)/b15-10-. The molecule has 1 aromatic heterocycles. The first-order chi connectivity index (χ1) is 14.5. The van der Waals surface area contributed by atoms with E-state index in [2.05, 4.69) is 15.3 Å². The highest BCUT2D eigenvalue weighted by Gasteiger charge is 2.31. The molecule has 0 radical (unpaired) electrons. The monoisotopic (exact) mass is 407 g/mol. The highest BCUT2D eigenvalue weighted by atomic mass is 16.5. The topological polar surface area (TPSA) is 109 Å². The molecule has 1 aromatic carbocycles. The number of nitrogens with zero attached hydrogens (tertiary/aromatic N) is 4. The number of methoxy groups -OCH3 is 2. The summed E-state index contributed by atoms with van der Waals surface area (Å²) in [6.07, 6.45) is 3.05. The van der Waals surface area contributed by atoms with Gasteiger partial charge in [-0.25, -0.2) is 9.98 Å². The molecule has 0 unspecified atom stereocenters. The van der Waals surface area contributed by atoms with Crippen LogP contribution in [-0.2, 0) is 4.79 Å². The van der Waals surface area contributed by atoms with Crippen LogP contribution >= 0.6 is 0 Å². The summed E-state index contributed by atoms with van der Waals surface area (Å²) in [5.41, 5.74) is 1.95. The largest absolute Gasteiger partial charge is 0.507 e. The average Bonchev–Trinajstić information content (AvgIpc) is 3.23. The van der Waals surface area contributed by atoms with Crippen molar-refractivity contribution in [2.75, 3.05) is 32.6 Å². The van der Waals surface area contributed by atoms with Crippen molar-refractivity contribution >= 4 is 34.8 Å². The van der Waals surface area contributed by atoms with Crippen molar-refractivity contribution < 1.29 is 19.4 Å². The molecule has 0 bridgehead atoms. The molecule has 0 saturated heterocycles. The molecular formula is C21H21N5O4. The summed E-state index contributed by atoms with van der Waals surface area (Å²) in [7, 11) is 3.13. The van der Waals surface area contributed by atoms with Crippen LogP contribution in [0.2, 0.25) is 0 Å². The molecule has 154 valence electrons. The second-order valence-electron chi connectivity index (χ2n) is 6.67. The third-order valence-corrected chi connectivity index (χ3v) is 4.73. The van der Waals surface area contributed by atoms with E-state index in [1.54, 1.807) is 32.4 Å². The van der Waals surface area contributed by atoms with E-state index in [4.69, 9.17) is 14.5 Å². The molecule has 2 aromatic rings. The molecule has 2 aliphatic heterocycles. The second-order valence-corrected chi connectivity index (χ2v) is 6.67. The van der Waals surface area contributed by atoms with Gasteiger partial charge in [-0.3, -0.25) is 9.79 Å². The lowest BCUT2D eigenvalue weighted by molar-refractivity contribution is -0.114. The van der Waals surface area contributed by atoms with Crippen molar-refractivity contribution in [2.24, 2.45) is 9.98 Å². The Kier molecular flexibility index (Phi) is 5.09. The number of hydrogen-bond acceptors (Lipinski definition) is 8. The molecule has 0 atom stereocenters. The van der Waals surface area contributed by atoms with Gasteiger partial charge in [0.05, 0.1) is 20.8 Å². The molecule has 2 N–H and O–H groups in total. The van der Waals surface area contributed by atoms with Gasteiger partial charge in [0.15, 0.2) is 11.5 Å². The van der Waals surface area contributed by atoms with Gasteiger partial charge < -0.3 is 24.8 Å². The Bertz CT molecular complexity index is 1090. The van der Waals surface area contributed by atoms with Gasteiger partial charge in [-0.2, -0.15) is 0 Å². The minimum absolute atomic E-state index is 0.00723. The van der Waals surface area contributed by atoms with Crippen molar-refractivity contribution in [2.45, 2.75) is 6.92 Å². The van der Waals surface area contributed by atoms with Gasteiger partial charge in [-0.1, -0.05) is 0 Å². The quantitative estimate of drug-likeness (QED) is 0.738. The third kappa shape index (κ3) is 3.45. The Morgan fingerprint density at radius 3 is 2.73 bits per heavy atom. The number of anilines is 1. The zero-order chi connectivity index (χ0) is 21.3. The Hall–Kier alpha value is -3.88. The fraction of sp³-hybridized carbons (Fsp3) is 0.238. The number of hydrogen-bond donors (Lipinski definition) is 2. The normalized spacial score (nSPS) is 15.0. The number of carbonyl (C=O) groups is 1. The lowest BCUT2D eigenvalue weighted by atomic mass is 10.1. The van der Waals surface area contributed by atoms with Crippen LogP contribution < -0.4 is 14.8 Å². The number of carbonyl (C=O) groups excluding carboxylic acids is 1. The minimum Gasteiger partial charge on any atom is -0.507 e. The van der Waals surface area contributed by atoms with Gasteiger partial charge in [0, 0.05) is 36.9 Å². The number of benzene rings is 1. The first-order valence-corrected chi connectivity index (χ1v) is 9.32. The summed E-state index contributed by atoms with van der Waals surface area (Å²) in [4.78, 5) is 26.6. The number of ether oxygens (including phenoxy) is 2. The minimum atomic E-state index is -0.213. The highest BCUT2D eigenvalue weighted by molar-refractivity contribution is 6.20. The van der Waals surface area contributed by atoms with Gasteiger partial charge in [-0.15, -0.1) is 0 Å². The average molecular weight is 407 g/mol.